The minimum atomic E-state index is -0.503. The summed E-state index contributed by atoms with van der Waals surface area (Å²) in [4.78, 5) is 16.2. The van der Waals surface area contributed by atoms with E-state index in [1.165, 1.54) is 0 Å². The lowest BCUT2D eigenvalue weighted by atomic mass is 9.99. The quantitative estimate of drug-likeness (QED) is 0.885. The number of aromatic nitrogens is 1. The van der Waals surface area contributed by atoms with Crippen molar-refractivity contribution in [2.45, 2.75) is 33.2 Å². The fraction of sp³-hybridized carbons (Fsp3) is 0.429. The van der Waals surface area contributed by atoms with Crippen molar-refractivity contribution >= 4 is 22.7 Å². The van der Waals surface area contributed by atoms with Crippen molar-refractivity contribution in [1.29, 1.82) is 0 Å². The topological polar surface area (TPSA) is 81.2 Å². The molecule has 5 nitrogen and oxygen atoms in total. The van der Waals surface area contributed by atoms with Gasteiger partial charge in [-0.2, -0.15) is 0 Å². The molecule has 0 saturated heterocycles. The maximum absolute atomic E-state index is 12.0. The number of carbonyl (C=O) groups excluding carboxylic acids is 1. The van der Waals surface area contributed by atoms with E-state index in [1.54, 1.807) is 19.1 Å². The lowest BCUT2D eigenvalue weighted by Crippen LogP contribution is -2.40. The summed E-state index contributed by atoms with van der Waals surface area (Å²) in [6.07, 6.45) is 0.870. The monoisotopic (exact) mass is 261 g/mol. The van der Waals surface area contributed by atoms with Gasteiger partial charge in [-0.1, -0.05) is 20.3 Å². The summed E-state index contributed by atoms with van der Waals surface area (Å²) in [5.41, 5.74) is 8.00. The summed E-state index contributed by atoms with van der Waals surface area (Å²) in [7, 11) is 0. The van der Waals surface area contributed by atoms with Crippen LogP contribution in [0.3, 0.4) is 0 Å². The predicted octanol–water partition coefficient (Wildman–Crippen LogP) is 2.45. The highest BCUT2D eigenvalue weighted by atomic mass is 16.3. The van der Waals surface area contributed by atoms with Gasteiger partial charge in [0.15, 0.2) is 11.5 Å². The molecular formula is C14H19N3O2. The van der Waals surface area contributed by atoms with Gasteiger partial charge in [0.05, 0.1) is 6.04 Å². The van der Waals surface area contributed by atoms with Crippen LogP contribution < -0.4 is 11.1 Å². The van der Waals surface area contributed by atoms with Crippen molar-refractivity contribution in [3.05, 3.63) is 24.1 Å². The van der Waals surface area contributed by atoms with E-state index in [9.17, 15) is 4.79 Å². The highest BCUT2D eigenvalue weighted by Gasteiger charge is 2.19. The summed E-state index contributed by atoms with van der Waals surface area (Å²) >= 11 is 0. The minimum Gasteiger partial charge on any atom is -0.441 e. The van der Waals surface area contributed by atoms with Crippen molar-refractivity contribution in [3.63, 3.8) is 0 Å². The third-order valence-corrected chi connectivity index (χ3v) is 3.32. The number of aryl methyl sites for hydroxylation is 1. The number of rotatable bonds is 4. The second kappa shape index (κ2) is 5.40. The molecular weight excluding hydrogens is 242 g/mol. The molecule has 2 atom stereocenters. The number of carbonyl (C=O) groups is 1. The Morgan fingerprint density at radius 1 is 1.53 bits per heavy atom. The highest BCUT2D eigenvalue weighted by molar-refractivity contribution is 5.96. The lowest BCUT2D eigenvalue weighted by molar-refractivity contribution is -0.118. The van der Waals surface area contributed by atoms with Crippen molar-refractivity contribution < 1.29 is 9.21 Å². The maximum atomic E-state index is 12.0. The Bertz CT molecular complexity index is 591. The lowest BCUT2D eigenvalue weighted by Gasteiger charge is -2.17. The van der Waals surface area contributed by atoms with Crippen LogP contribution in [0.15, 0.2) is 22.6 Å². The Labute approximate surface area is 112 Å². The van der Waals surface area contributed by atoms with Gasteiger partial charge in [0.25, 0.3) is 0 Å². The molecule has 1 aromatic carbocycles. The van der Waals surface area contributed by atoms with Crippen LogP contribution in [0, 0.1) is 12.8 Å². The van der Waals surface area contributed by atoms with Crippen LogP contribution in [-0.2, 0) is 4.79 Å². The van der Waals surface area contributed by atoms with Gasteiger partial charge in [-0.05, 0) is 18.1 Å². The van der Waals surface area contributed by atoms with Gasteiger partial charge in [-0.25, -0.2) is 4.98 Å². The molecule has 0 radical (unpaired) electrons. The molecule has 0 fully saturated rings. The molecule has 5 heteroatoms. The average Bonchev–Trinajstić information content (AvgIpc) is 2.76. The third-order valence-electron chi connectivity index (χ3n) is 3.32. The molecule has 3 N–H and O–H groups in total. The predicted molar refractivity (Wildman–Crippen MR) is 74.8 cm³/mol. The first-order valence-corrected chi connectivity index (χ1v) is 6.45. The number of nitrogens with zero attached hydrogens (tertiary/aromatic N) is 1. The standard InChI is InChI=1S/C14H19N3O2/c1-4-8(2)13(15)14(18)17-10-5-6-11-12(7-10)19-9(3)16-11/h5-8,13H,4,15H2,1-3H3,(H,17,18)/t8-,13-/m0/s1. The first kappa shape index (κ1) is 13.5. The van der Waals surface area contributed by atoms with Crippen LogP contribution in [0.1, 0.15) is 26.2 Å². The number of anilines is 1. The highest BCUT2D eigenvalue weighted by Crippen LogP contribution is 2.20. The Balaban J connectivity index is 2.14. The molecule has 0 aliphatic rings. The number of fused-ring (bicyclic) bond motifs is 1. The van der Waals surface area contributed by atoms with Crippen LogP contribution in [0.4, 0.5) is 5.69 Å². The first-order valence-electron chi connectivity index (χ1n) is 6.45. The zero-order valence-electron chi connectivity index (χ0n) is 11.4. The Morgan fingerprint density at radius 3 is 2.95 bits per heavy atom. The van der Waals surface area contributed by atoms with Gasteiger partial charge in [-0.3, -0.25) is 4.79 Å². The van der Waals surface area contributed by atoms with Crippen molar-refractivity contribution in [2.75, 3.05) is 5.32 Å². The van der Waals surface area contributed by atoms with Crippen LogP contribution in [-0.4, -0.2) is 16.9 Å². The van der Waals surface area contributed by atoms with E-state index in [0.29, 0.717) is 17.2 Å². The number of nitrogens with one attached hydrogen (secondary N) is 1. The van der Waals surface area contributed by atoms with Crippen molar-refractivity contribution in [3.8, 4) is 0 Å². The van der Waals surface area contributed by atoms with Crippen molar-refractivity contribution in [2.24, 2.45) is 11.7 Å². The van der Waals surface area contributed by atoms with Crippen LogP contribution >= 0.6 is 0 Å². The summed E-state index contributed by atoms with van der Waals surface area (Å²) in [5, 5.41) is 2.81. The molecule has 19 heavy (non-hydrogen) atoms. The Hall–Kier alpha value is -1.88. The molecule has 102 valence electrons. The van der Waals surface area contributed by atoms with Gasteiger partial charge < -0.3 is 15.5 Å². The van der Waals surface area contributed by atoms with Gasteiger partial charge in [0.2, 0.25) is 5.91 Å². The first-order chi connectivity index (χ1) is 9.01. The SMILES string of the molecule is CC[C@H](C)[C@H](N)C(=O)Nc1ccc2nc(C)oc2c1. The number of oxazole rings is 1. The number of hydrogen-bond acceptors (Lipinski definition) is 4. The molecule has 0 aliphatic heterocycles. The number of benzene rings is 1. The molecule has 0 saturated carbocycles. The smallest absolute Gasteiger partial charge is 0.241 e. The molecule has 1 amide bonds. The van der Waals surface area contributed by atoms with Crippen LogP contribution in [0.5, 0.6) is 0 Å². The summed E-state index contributed by atoms with van der Waals surface area (Å²) in [6, 6.07) is 4.87. The van der Waals surface area contributed by atoms with Gasteiger partial charge >= 0.3 is 0 Å². The largest absolute Gasteiger partial charge is 0.441 e. The summed E-state index contributed by atoms with van der Waals surface area (Å²) in [5.74, 6) is 0.580. The minimum absolute atomic E-state index is 0.149. The molecule has 1 aromatic heterocycles. The molecule has 1 heterocycles. The van der Waals surface area contributed by atoms with Crippen LogP contribution in [0.25, 0.3) is 11.1 Å². The second-order valence-corrected chi connectivity index (χ2v) is 4.82. The van der Waals surface area contributed by atoms with E-state index < -0.39 is 6.04 Å². The third kappa shape index (κ3) is 2.93. The van der Waals surface area contributed by atoms with Gasteiger partial charge in [0, 0.05) is 18.7 Å². The molecule has 0 bridgehead atoms. The number of hydrogen-bond donors (Lipinski definition) is 2. The van der Waals surface area contributed by atoms with E-state index in [1.807, 2.05) is 19.9 Å². The van der Waals surface area contributed by atoms with Crippen molar-refractivity contribution in [1.82, 2.24) is 4.98 Å². The summed E-state index contributed by atoms with van der Waals surface area (Å²) < 4.78 is 5.43. The Kier molecular flexibility index (Phi) is 3.85. The Morgan fingerprint density at radius 2 is 2.26 bits per heavy atom. The van der Waals surface area contributed by atoms with E-state index >= 15 is 0 Å². The number of amides is 1. The van der Waals surface area contributed by atoms with E-state index in [0.717, 1.165) is 11.9 Å². The van der Waals surface area contributed by atoms with E-state index in [2.05, 4.69) is 10.3 Å². The maximum Gasteiger partial charge on any atom is 0.241 e. The van der Waals surface area contributed by atoms with Gasteiger partial charge in [0.1, 0.15) is 5.52 Å². The van der Waals surface area contributed by atoms with E-state index in [-0.39, 0.29) is 11.8 Å². The zero-order chi connectivity index (χ0) is 14.0. The van der Waals surface area contributed by atoms with Gasteiger partial charge in [-0.15, -0.1) is 0 Å². The number of nitrogens with two attached hydrogens (primary N) is 1. The van der Waals surface area contributed by atoms with Crippen LogP contribution in [0.2, 0.25) is 0 Å². The molecule has 2 aromatic rings. The molecule has 0 unspecified atom stereocenters. The average molecular weight is 261 g/mol. The zero-order valence-corrected chi connectivity index (χ0v) is 11.4. The normalized spacial score (nSPS) is 14.3. The fourth-order valence-corrected chi connectivity index (χ4v) is 1.86. The van der Waals surface area contributed by atoms with E-state index in [4.69, 9.17) is 10.2 Å². The second-order valence-electron chi connectivity index (χ2n) is 4.82. The molecule has 2 rings (SSSR count). The summed E-state index contributed by atoms with van der Waals surface area (Å²) in [6.45, 7) is 5.77. The molecule has 0 aliphatic carbocycles. The molecule has 0 spiro atoms. The fourth-order valence-electron chi connectivity index (χ4n) is 1.86.